The molecule has 1 aromatic rings. The van der Waals surface area contributed by atoms with Crippen LogP contribution in [0.4, 0.5) is 8.78 Å². The minimum absolute atomic E-state index is 0.0662. The third-order valence-electron chi connectivity index (χ3n) is 3.49. The Hall–Kier alpha value is -1.60. The maximum Gasteiger partial charge on any atom is 0.255 e. The molecule has 6 nitrogen and oxygen atoms in total. The van der Waals surface area contributed by atoms with Gasteiger partial charge in [-0.1, -0.05) is 20.8 Å². The van der Waals surface area contributed by atoms with Crippen LogP contribution < -0.4 is 0 Å². The van der Waals surface area contributed by atoms with Gasteiger partial charge < -0.3 is 4.90 Å². The molecule has 0 radical (unpaired) electrons. The van der Waals surface area contributed by atoms with E-state index in [0.29, 0.717) is 5.82 Å². The quantitative estimate of drug-likeness (QED) is 0.831. The molecule has 2 rings (SSSR count). The summed E-state index contributed by atoms with van der Waals surface area (Å²) in [7, 11) is 0. The van der Waals surface area contributed by atoms with Gasteiger partial charge in [-0.05, 0) is 30.2 Å². The van der Waals surface area contributed by atoms with Crippen LogP contribution in [0.1, 0.15) is 52.4 Å². The highest BCUT2D eigenvalue weighted by Gasteiger charge is 2.38. The largest absolute Gasteiger partial charge is 0.332 e. The number of nitrogens with zero attached hydrogens (tertiary/aromatic N) is 5. The zero-order valence-electron chi connectivity index (χ0n) is 12.8. The van der Waals surface area contributed by atoms with Crippen LogP contribution in [0.15, 0.2) is 0 Å². The number of hydrogen-bond donors (Lipinski definition) is 0. The molecule has 21 heavy (non-hydrogen) atoms. The van der Waals surface area contributed by atoms with Crippen molar-refractivity contribution in [3.8, 4) is 0 Å². The molecule has 0 N–H and O–H groups in total. The fourth-order valence-electron chi connectivity index (χ4n) is 2.25. The normalized spacial score (nSPS) is 17.1. The molecular weight excluding hydrogens is 280 g/mol. The summed E-state index contributed by atoms with van der Waals surface area (Å²) < 4.78 is 26.8. The zero-order chi connectivity index (χ0) is 15.8. The summed E-state index contributed by atoms with van der Waals surface area (Å²) in [5.74, 6) is 0.215. The predicted molar refractivity (Wildman–Crippen MR) is 72.0 cm³/mol. The van der Waals surface area contributed by atoms with Crippen LogP contribution in [0.25, 0.3) is 0 Å². The van der Waals surface area contributed by atoms with Crippen molar-refractivity contribution < 1.29 is 13.6 Å². The molecule has 1 aliphatic carbocycles. The number of carbonyl (C=O) groups is 1. The number of amides is 1. The highest BCUT2D eigenvalue weighted by molar-refractivity contribution is 5.80. The lowest BCUT2D eigenvalue weighted by Gasteiger charge is -2.27. The van der Waals surface area contributed by atoms with Gasteiger partial charge in [0.15, 0.2) is 5.82 Å². The highest BCUT2D eigenvalue weighted by atomic mass is 19.3. The van der Waals surface area contributed by atoms with Gasteiger partial charge in [-0.2, -0.15) is 0 Å². The van der Waals surface area contributed by atoms with Crippen LogP contribution in [-0.2, 0) is 10.2 Å². The van der Waals surface area contributed by atoms with E-state index in [-0.39, 0.29) is 17.4 Å². The van der Waals surface area contributed by atoms with Gasteiger partial charge in [0.05, 0.1) is 6.54 Å². The van der Waals surface area contributed by atoms with Crippen LogP contribution in [0.2, 0.25) is 0 Å². The predicted octanol–water partition coefficient (Wildman–Crippen LogP) is 1.79. The molecule has 1 unspecified atom stereocenters. The van der Waals surface area contributed by atoms with E-state index in [1.165, 1.54) is 9.58 Å². The van der Waals surface area contributed by atoms with E-state index >= 15 is 0 Å². The monoisotopic (exact) mass is 301 g/mol. The first-order chi connectivity index (χ1) is 9.71. The maximum absolute atomic E-state index is 12.7. The van der Waals surface area contributed by atoms with Crippen molar-refractivity contribution in [3.63, 3.8) is 0 Å². The third kappa shape index (κ3) is 3.54. The van der Waals surface area contributed by atoms with Crippen molar-refractivity contribution in [2.45, 2.75) is 64.5 Å². The number of rotatable bonds is 5. The molecule has 1 aliphatic rings. The third-order valence-corrected chi connectivity index (χ3v) is 3.49. The number of carbonyl (C=O) groups excluding carboxylic acids is 1. The molecule has 118 valence electrons. The second-order valence-corrected chi connectivity index (χ2v) is 6.49. The fraction of sp³-hybridized carbons (Fsp3) is 0.846. The topological polar surface area (TPSA) is 63.9 Å². The Bertz CT molecular complexity index is 507. The van der Waals surface area contributed by atoms with Crippen LogP contribution in [0.5, 0.6) is 0 Å². The van der Waals surface area contributed by atoms with Crippen molar-refractivity contribution in [1.29, 1.82) is 0 Å². The Morgan fingerprint density at radius 2 is 2.05 bits per heavy atom. The average Bonchev–Trinajstić information content (AvgIpc) is 3.08. The molecule has 0 saturated heterocycles. The SMILES string of the molecule is CC(C(=O)N(CC(F)F)C1CC1)n1nnnc1C(C)(C)C. The Morgan fingerprint density at radius 1 is 1.43 bits per heavy atom. The Kier molecular flexibility index (Phi) is 4.25. The smallest absolute Gasteiger partial charge is 0.255 e. The van der Waals surface area contributed by atoms with Crippen molar-refractivity contribution >= 4 is 5.91 Å². The number of aromatic nitrogens is 4. The lowest BCUT2D eigenvalue weighted by molar-refractivity contribution is -0.137. The fourth-order valence-corrected chi connectivity index (χ4v) is 2.25. The van der Waals surface area contributed by atoms with E-state index in [0.717, 1.165) is 12.8 Å². The van der Waals surface area contributed by atoms with Crippen LogP contribution in [-0.4, -0.2) is 50.0 Å². The molecule has 0 bridgehead atoms. The summed E-state index contributed by atoms with van der Waals surface area (Å²) in [5.41, 5.74) is -0.328. The molecule has 0 aliphatic heterocycles. The van der Waals surface area contributed by atoms with Crippen molar-refractivity contribution in [1.82, 2.24) is 25.1 Å². The van der Waals surface area contributed by atoms with Crippen molar-refractivity contribution in [2.24, 2.45) is 0 Å². The standard InChI is InChI=1S/C13H21F2N5O/c1-8(20-12(13(2,3)4)16-17-18-20)11(21)19(7-10(14)15)9-5-6-9/h8-10H,5-7H2,1-4H3. The highest BCUT2D eigenvalue weighted by Crippen LogP contribution is 2.30. The van der Waals surface area contributed by atoms with E-state index in [1.807, 2.05) is 20.8 Å². The minimum Gasteiger partial charge on any atom is -0.332 e. The molecule has 0 spiro atoms. The molecule has 1 atom stereocenters. The summed E-state index contributed by atoms with van der Waals surface area (Å²) in [6, 6.07) is -0.753. The zero-order valence-corrected chi connectivity index (χ0v) is 12.8. The van der Waals surface area contributed by atoms with E-state index in [9.17, 15) is 13.6 Å². The van der Waals surface area contributed by atoms with Gasteiger partial charge in [-0.3, -0.25) is 4.79 Å². The summed E-state index contributed by atoms with van der Waals surface area (Å²) in [6.45, 7) is 6.92. The Morgan fingerprint density at radius 3 is 2.52 bits per heavy atom. The molecule has 1 amide bonds. The van der Waals surface area contributed by atoms with Crippen molar-refractivity contribution in [3.05, 3.63) is 5.82 Å². The van der Waals surface area contributed by atoms with Gasteiger partial charge in [0.25, 0.3) is 6.43 Å². The molecule has 8 heteroatoms. The van der Waals surface area contributed by atoms with Gasteiger partial charge in [0, 0.05) is 11.5 Å². The number of hydrogen-bond acceptors (Lipinski definition) is 4. The molecule has 1 saturated carbocycles. The van der Waals surface area contributed by atoms with Gasteiger partial charge in [0.1, 0.15) is 6.04 Å². The summed E-state index contributed by atoms with van der Waals surface area (Å²) in [4.78, 5) is 13.8. The summed E-state index contributed by atoms with van der Waals surface area (Å²) in [5, 5.41) is 11.4. The van der Waals surface area contributed by atoms with Crippen LogP contribution >= 0.6 is 0 Å². The minimum atomic E-state index is -2.53. The number of tetrazole rings is 1. The summed E-state index contributed by atoms with van der Waals surface area (Å²) >= 11 is 0. The molecular formula is C13H21F2N5O. The van der Waals surface area contributed by atoms with E-state index < -0.39 is 19.0 Å². The van der Waals surface area contributed by atoms with Crippen LogP contribution in [0, 0.1) is 0 Å². The van der Waals surface area contributed by atoms with Crippen molar-refractivity contribution in [2.75, 3.05) is 6.54 Å². The lowest BCUT2D eigenvalue weighted by Crippen LogP contribution is -2.42. The Balaban J connectivity index is 2.20. The lowest BCUT2D eigenvalue weighted by atomic mass is 9.95. The van der Waals surface area contributed by atoms with Gasteiger partial charge in [0.2, 0.25) is 5.91 Å². The molecule has 1 fully saturated rings. The average molecular weight is 301 g/mol. The first kappa shape index (κ1) is 15.8. The van der Waals surface area contributed by atoms with E-state index in [2.05, 4.69) is 15.5 Å². The van der Waals surface area contributed by atoms with Gasteiger partial charge >= 0.3 is 0 Å². The summed E-state index contributed by atoms with van der Waals surface area (Å²) in [6.07, 6.45) is -0.961. The van der Waals surface area contributed by atoms with Gasteiger partial charge in [-0.25, -0.2) is 13.5 Å². The molecule has 1 heterocycles. The Labute approximate surface area is 122 Å². The second-order valence-electron chi connectivity index (χ2n) is 6.49. The second kappa shape index (κ2) is 5.65. The van der Waals surface area contributed by atoms with E-state index in [1.54, 1.807) is 6.92 Å². The molecule has 0 aromatic carbocycles. The van der Waals surface area contributed by atoms with Gasteiger partial charge in [-0.15, -0.1) is 5.10 Å². The van der Waals surface area contributed by atoms with Crippen LogP contribution in [0.3, 0.4) is 0 Å². The van der Waals surface area contributed by atoms with E-state index in [4.69, 9.17) is 0 Å². The molecule has 1 aromatic heterocycles. The number of halogens is 2. The first-order valence-corrected chi connectivity index (χ1v) is 7.08. The first-order valence-electron chi connectivity index (χ1n) is 7.08. The number of alkyl halides is 2. The maximum atomic E-state index is 12.7.